The molecule has 0 aliphatic heterocycles. The number of aromatic nitrogens is 5. The number of rotatable bonds is 0. The fourth-order valence-electron chi connectivity index (χ4n) is 1.31. The standard InChI is InChI=1S/C9H5N5/c1-2-6-7(13-10-3-1)4-8-9(12-6)5-11-14-8/h1-5H. The first-order valence-electron chi connectivity index (χ1n) is 4.13. The van der Waals surface area contributed by atoms with Gasteiger partial charge < -0.3 is 0 Å². The average Bonchev–Trinajstić information content (AvgIpc) is 2.51. The van der Waals surface area contributed by atoms with Crippen LogP contribution in [0.1, 0.15) is 0 Å². The van der Waals surface area contributed by atoms with Gasteiger partial charge in [-0.25, -0.2) is 4.98 Å². The van der Waals surface area contributed by atoms with E-state index in [9.17, 15) is 0 Å². The van der Waals surface area contributed by atoms with Crippen molar-refractivity contribution in [3.05, 3.63) is 30.6 Å². The summed E-state index contributed by atoms with van der Waals surface area (Å²) in [5.41, 5.74) is 3.05. The minimum Gasteiger partial charge on any atom is -0.243 e. The molecule has 0 saturated heterocycles. The lowest BCUT2D eigenvalue weighted by atomic mass is 10.3. The molecule has 3 aromatic rings. The number of nitrogens with zero attached hydrogens (tertiary/aromatic N) is 5. The molecule has 0 aliphatic carbocycles. The largest absolute Gasteiger partial charge is 0.243 e. The molecule has 0 aliphatic rings. The summed E-state index contributed by atoms with van der Waals surface area (Å²) < 4.78 is 0. The highest BCUT2D eigenvalue weighted by atomic mass is 15.1. The van der Waals surface area contributed by atoms with E-state index >= 15 is 0 Å². The van der Waals surface area contributed by atoms with Crippen molar-refractivity contribution < 1.29 is 0 Å². The van der Waals surface area contributed by atoms with Crippen LogP contribution in [0.5, 0.6) is 0 Å². The highest BCUT2D eigenvalue weighted by Gasteiger charge is 2.01. The van der Waals surface area contributed by atoms with Crippen LogP contribution in [-0.2, 0) is 0 Å². The van der Waals surface area contributed by atoms with Gasteiger partial charge in [-0.15, -0.1) is 10.2 Å². The summed E-state index contributed by atoms with van der Waals surface area (Å²) in [4.78, 5) is 4.35. The Bertz CT molecular complexity index is 557. The second-order valence-corrected chi connectivity index (χ2v) is 2.87. The summed E-state index contributed by atoms with van der Waals surface area (Å²) in [6.45, 7) is 0. The lowest BCUT2D eigenvalue weighted by Crippen LogP contribution is -1.80. The lowest BCUT2D eigenvalue weighted by Gasteiger charge is -1.89. The maximum atomic E-state index is 4.35. The van der Waals surface area contributed by atoms with E-state index in [0.717, 1.165) is 22.1 Å². The highest BCUT2D eigenvalue weighted by Crippen LogP contribution is 2.13. The molecule has 3 aromatic heterocycles. The third-order valence-electron chi connectivity index (χ3n) is 1.96. The van der Waals surface area contributed by atoms with E-state index in [1.807, 2.05) is 12.1 Å². The third kappa shape index (κ3) is 0.990. The Morgan fingerprint density at radius 3 is 2.71 bits per heavy atom. The summed E-state index contributed by atoms with van der Waals surface area (Å²) in [5, 5.41) is 15.5. The maximum Gasteiger partial charge on any atom is 0.115 e. The quantitative estimate of drug-likeness (QED) is 0.519. The Labute approximate surface area is 78.8 Å². The van der Waals surface area contributed by atoms with E-state index in [1.54, 1.807) is 18.5 Å². The molecule has 5 heteroatoms. The zero-order valence-corrected chi connectivity index (χ0v) is 7.12. The van der Waals surface area contributed by atoms with Crippen LogP contribution in [0.15, 0.2) is 30.6 Å². The first-order valence-corrected chi connectivity index (χ1v) is 4.13. The molecule has 0 atom stereocenters. The van der Waals surface area contributed by atoms with Crippen molar-refractivity contribution >= 4 is 22.1 Å². The van der Waals surface area contributed by atoms with Crippen molar-refractivity contribution in [3.63, 3.8) is 0 Å². The molecule has 66 valence electrons. The molecule has 0 fully saturated rings. The van der Waals surface area contributed by atoms with Gasteiger partial charge in [0, 0.05) is 6.20 Å². The maximum absolute atomic E-state index is 4.35. The second-order valence-electron chi connectivity index (χ2n) is 2.87. The average molecular weight is 183 g/mol. The van der Waals surface area contributed by atoms with Crippen LogP contribution in [0.25, 0.3) is 22.1 Å². The van der Waals surface area contributed by atoms with Crippen LogP contribution in [-0.4, -0.2) is 25.4 Å². The van der Waals surface area contributed by atoms with Crippen molar-refractivity contribution in [2.75, 3.05) is 0 Å². The van der Waals surface area contributed by atoms with Crippen molar-refractivity contribution in [1.82, 2.24) is 25.4 Å². The minimum absolute atomic E-state index is 0.725. The van der Waals surface area contributed by atoms with Crippen LogP contribution in [0.3, 0.4) is 0 Å². The first-order chi connectivity index (χ1) is 6.93. The summed E-state index contributed by atoms with van der Waals surface area (Å²) in [6.07, 6.45) is 3.26. The van der Waals surface area contributed by atoms with Crippen molar-refractivity contribution in [3.8, 4) is 0 Å². The lowest BCUT2D eigenvalue weighted by molar-refractivity contribution is 1.09. The van der Waals surface area contributed by atoms with E-state index < -0.39 is 0 Å². The predicted octanol–water partition coefficient (Wildman–Crippen LogP) is 0.968. The molecule has 0 unspecified atom stereocenters. The molecule has 5 nitrogen and oxygen atoms in total. The number of hydrogen-bond donors (Lipinski definition) is 0. The van der Waals surface area contributed by atoms with Gasteiger partial charge in [0.1, 0.15) is 16.6 Å². The molecule has 0 bridgehead atoms. The van der Waals surface area contributed by atoms with Crippen LogP contribution >= 0.6 is 0 Å². The van der Waals surface area contributed by atoms with Crippen molar-refractivity contribution in [2.24, 2.45) is 0 Å². The SMILES string of the molecule is c1cnnc2cc3nncc3nc2c1. The predicted molar refractivity (Wildman–Crippen MR) is 50.4 cm³/mol. The van der Waals surface area contributed by atoms with Crippen LogP contribution in [0, 0.1) is 0 Å². The smallest absolute Gasteiger partial charge is 0.115 e. The molecule has 3 heterocycles. The van der Waals surface area contributed by atoms with Gasteiger partial charge in [-0.05, 0) is 18.2 Å². The Kier molecular flexibility index (Phi) is 1.38. The van der Waals surface area contributed by atoms with E-state index in [-0.39, 0.29) is 0 Å². The number of hydrogen-bond acceptors (Lipinski definition) is 5. The third-order valence-corrected chi connectivity index (χ3v) is 1.96. The van der Waals surface area contributed by atoms with Gasteiger partial charge in [-0.3, -0.25) is 0 Å². The van der Waals surface area contributed by atoms with E-state index in [2.05, 4.69) is 25.4 Å². The Morgan fingerprint density at radius 2 is 1.71 bits per heavy atom. The van der Waals surface area contributed by atoms with Gasteiger partial charge in [0.25, 0.3) is 0 Å². The van der Waals surface area contributed by atoms with Gasteiger partial charge in [0.15, 0.2) is 0 Å². The molecule has 0 spiro atoms. The van der Waals surface area contributed by atoms with Crippen LogP contribution < -0.4 is 0 Å². The van der Waals surface area contributed by atoms with E-state index in [4.69, 9.17) is 0 Å². The Morgan fingerprint density at radius 1 is 0.857 bits per heavy atom. The highest BCUT2D eigenvalue weighted by molar-refractivity contribution is 5.87. The zero-order valence-electron chi connectivity index (χ0n) is 7.12. The molecule has 0 amide bonds. The summed E-state index contributed by atoms with van der Waals surface area (Å²) in [5.74, 6) is 0. The topological polar surface area (TPSA) is 64.5 Å². The molecule has 0 N–H and O–H groups in total. The Balaban J connectivity index is 2.55. The molecule has 3 rings (SSSR count). The molecular formula is C9H5N5. The van der Waals surface area contributed by atoms with E-state index in [0.29, 0.717) is 0 Å². The monoisotopic (exact) mass is 183 g/mol. The van der Waals surface area contributed by atoms with Crippen molar-refractivity contribution in [1.29, 1.82) is 0 Å². The van der Waals surface area contributed by atoms with E-state index in [1.165, 1.54) is 0 Å². The fraction of sp³-hybridized carbons (Fsp3) is 0. The zero-order chi connectivity index (χ0) is 9.38. The van der Waals surface area contributed by atoms with Gasteiger partial charge in [0.05, 0.1) is 11.7 Å². The van der Waals surface area contributed by atoms with Gasteiger partial charge in [-0.2, -0.15) is 10.2 Å². The van der Waals surface area contributed by atoms with Gasteiger partial charge >= 0.3 is 0 Å². The molecule has 0 saturated carbocycles. The summed E-state index contributed by atoms with van der Waals surface area (Å²) in [7, 11) is 0. The molecule has 14 heavy (non-hydrogen) atoms. The molecule has 0 aromatic carbocycles. The summed E-state index contributed by atoms with van der Waals surface area (Å²) >= 11 is 0. The van der Waals surface area contributed by atoms with Crippen molar-refractivity contribution in [2.45, 2.75) is 0 Å². The summed E-state index contributed by atoms with van der Waals surface area (Å²) in [6, 6.07) is 5.50. The van der Waals surface area contributed by atoms with Crippen LogP contribution in [0.4, 0.5) is 0 Å². The normalized spacial score (nSPS) is 10.9. The van der Waals surface area contributed by atoms with Gasteiger partial charge in [-0.1, -0.05) is 0 Å². The second kappa shape index (κ2) is 2.66. The van der Waals surface area contributed by atoms with Gasteiger partial charge in [0.2, 0.25) is 0 Å². The van der Waals surface area contributed by atoms with Crippen LogP contribution in [0.2, 0.25) is 0 Å². The molecular weight excluding hydrogens is 178 g/mol. The Hall–Kier alpha value is -2.17. The number of fused-ring (bicyclic) bond motifs is 2. The fourth-order valence-corrected chi connectivity index (χ4v) is 1.31. The molecule has 0 radical (unpaired) electrons. The minimum atomic E-state index is 0.725. The number of pyridine rings is 1. The first kappa shape index (κ1) is 7.25.